The summed E-state index contributed by atoms with van der Waals surface area (Å²) < 4.78 is 0. The largest absolute Gasteiger partial charge is 0.355 e. The fourth-order valence-electron chi connectivity index (χ4n) is 3.74. The highest BCUT2D eigenvalue weighted by atomic mass is 16.1. The van der Waals surface area contributed by atoms with Crippen LogP contribution in [0.4, 0.5) is 0 Å². The Kier molecular flexibility index (Phi) is 6.97. The van der Waals surface area contributed by atoms with Gasteiger partial charge in [-0.1, -0.05) is 33.1 Å². The highest BCUT2D eigenvalue weighted by Crippen LogP contribution is 2.30. The summed E-state index contributed by atoms with van der Waals surface area (Å²) in [6, 6.07) is 1.18. The second-order valence-corrected chi connectivity index (χ2v) is 7.19. The third-order valence-electron chi connectivity index (χ3n) is 4.92. The normalized spacial score (nSPS) is 30.3. The number of nitrogens with one attached hydrogen (secondary N) is 3. The van der Waals surface area contributed by atoms with Gasteiger partial charge in [-0.2, -0.15) is 0 Å². The molecule has 4 nitrogen and oxygen atoms in total. The first-order valence-electron chi connectivity index (χ1n) is 8.90. The SMILES string of the molecule is CC(C)CNC(=O)CNC1CCCCC1C1CCCCN1. The molecule has 21 heavy (non-hydrogen) atoms. The van der Waals surface area contributed by atoms with Gasteiger partial charge < -0.3 is 16.0 Å². The molecule has 4 heteroatoms. The average Bonchev–Trinajstić information content (AvgIpc) is 2.52. The number of piperidine rings is 1. The molecule has 0 aromatic rings. The summed E-state index contributed by atoms with van der Waals surface area (Å²) in [5.74, 6) is 1.37. The van der Waals surface area contributed by atoms with E-state index in [2.05, 4.69) is 29.8 Å². The van der Waals surface area contributed by atoms with Crippen molar-refractivity contribution in [2.24, 2.45) is 11.8 Å². The molecule has 3 unspecified atom stereocenters. The van der Waals surface area contributed by atoms with Crippen molar-refractivity contribution in [1.82, 2.24) is 16.0 Å². The van der Waals surface area contributed by atoms with E-state index < -0.39 is 0 Å². The van der Waals surface area contributed by atoms with Crippen LogP contribution in [-0.4, -0.2) is 37.6 Å². The van der Waals surface area contributed by atoms with Crippen LogP contribution in [0.15, 0.2) is 0 Å². The Hall–Kier alpha value is -0.610. The highest BCUT2D eigenvalue weighted by Gasteiger charge is 2.32. The maximum atomic E-state index is 11.9. The van der Waals surface area contributed by atoms with Crippen LogP contribution in [0.5, 0.6) is 0 Å². The van der Waals surface area contributed by atoms with Gasteiger partial charge in [0.2, 0.25) is 5.91 Å². The van der Waals surface area contributed by atoms with E-state index in [1.54, 1.807) is 0 Å². The number of carbonyl (C=O) groups excluding carboxylic acids is 1. The molecule has 2 aliphatic rings. The van der Waals surface area contributed by atoms with Crippen molar-refractivity contribution in [2.45, 2.75) is 70.9 Å². The van der Waals surface area contributed by atoms with Crippen molar-refractivity contribution in [2.75, 3.05) is 19.6 Å². The Morgan fingerprint density at radius 2 is 1.90 bits per heavy atom. The second kappa shape index (κ2) is 8.74. The monoisotopic (exact) mass is 295 g/mol. The molecule has 0 radical (unpaired) electrons. The zero-order chi connectivity index (χ0) is 15.1. The standard InChI is InChI=1S/C17H33N3O/c1-13(2)11-20-17(21)12-19-16-8-4-3-7-14(16)15-9-5-6-10-18-15/h13-16,18-19H,3-12H2,1-2H3,(H,20,21). The second-order valence-electron chi connectivity index (χ2n) is 7.19. The zero-order valence-electron chi connectivity index (χ0n) is 13.8. The van der Waals surface area contributed by atoms with Gasteiger partial charge in [0.05, 0.1) is 6.54 Å². The first-order valence-corrected chi connectivity index (χ1v) is 8.90. The molecule has 2 fully saturated rings. The molecular weight excluding hydrogens is 262 g/mol. The van der Waals surface area contributed by atoms with Gasteiger partial charge in [-0.05, 0) is 44.1 Å². The molecule has 1 aliphatic carbocycles. The van der Waals surface area contributed by atoms with Crippen molar-refractivity contribution in [3.8, 4) is 0 Å². The summed E-state index contributed by atoms with van der Waals surface area (Å²) in [5, 5.41) is 10.2. The van der Waals surface area contributed by atoms with Crippen LogP contribution in [0, 0.1) is 11.8 Å². The molecular formula is C17H33N3O. The van der Waals surface area contributed by atoms with Crippen LogP contribution in [0.2, 0.25) is 0 Å². The molecule has 3 N–H and O–H groups in total. The van der Waals surface area contributed by atoms with Crippen LogP contribution in [-0.2, 0) is 4.79 Å². The van der Waals surface area contributed by atoms with Gasteiger partial charge >= 0.3 is 0 Å². The van der Waals surface area contributed by atoms with E-state index in [1.807, 2.05) is 0 Å². The lowest BCUT2D eigenvalue weighted by molar-refractivity contribution is -0.120. The van der Waals surface area contributed by atoms with E-state index >= 15 is 0 Å². The molecule has 0 aromatic carbocycles. The summed E-state index contributed by atoms with van der Waals surface area (Å²) in [6.45, 7) is 6.67. The smallest absolute Gasteiger partial charge is 0.233 e. The summed E-state index contributed by atoms with van der Waals surface area (Å²) in [5.41, 5.74) is 0. The van der Waals surface area contributed by atoms with Gasteiger partial charge in [-0.3, -0.25) is 4.79 Å². The molecule has 0 aromatic heterocycles. The van der Waals surface area contributed by atoms with Gasteiger partial charge in [0.1, 0.15) is 0 Å². The van der Waals surface area contributed by atoms with Crippen LogP contribution >= 0.6 is 0 Å². The predicted octanol–water partition coefficient (Wildman–Crippen LogP) is 2.05. The van der Waals surface area contributed by atoms with Crippen molar-refractivity contribution < 1.29 is 4.79 Å². The van der Waals surface area contributed by atoms with Crippen LogP contribution in [0.3, 0.4) is 0 Å². The van der Waals surface area contributed by atoms with E-state index in [1.165, 1.54) is 51.5 Å². The average molecular weight is 295 g/mol. The lowest BCUT2D eigenvalue weighted by Gasteiger charge is -2.40. The molecule has 1 heterocycles. The molecule has 2 rings (SSSR count). The van der Waals surface area contributed by atoms with Gasteiger partial charge in [-0.25, -0.2) is 0 Å². The van der Waals surface area contributed by atoms with Crippen molar-refractivity contribution in [1.29, 1.82) is 0 Å². The molecule has 1 saturated heterocycles. The highest BCUT2D eigenvalue weighted by molar-refractivity contribution is 5.78. The first-order chi connectivity index (χ1) is 10.2. The van der Waals surface area contributed by atoms with Gasteiger partial charge in [0, 0.05) is 18.6 Å². The van der Waals surface area contributed by atoms with Crippen LogP contribution < -0.4 is 16.0 Å². The van der Waals surface area contributed by atoms with Gasteiger partial charge in [-0.15, -0.1) is 0 Å². The van der Waals surface area contributed by atoms with E-state index in [0.717, 1.165) is 6.54 Å². The Morgan fingerprint density at radius 3 is 2.62 bits per heavy atom. The summed E-state index contributed by atoms with van der Waals surface area (Å²) in [7, 11) is 0. The van der Waals surface area contributed by atoms with Crippen molar-refractivity contribution in [3.63, 3.8) is 0 Å². The minimum Gasteiger partial charge on any atom is -0.355 e. The minimum absolute atomic E-state index is 0.143. The number of hydrogen-bond acceptors (Lipinski definition) is 3. The Morgan fingerprint density at radius 1 is 1.14 bits per heavy atom. The third kappa shape index (κ3) is 5.59. The van der Waals surface area contributed by atoms with E-state index in [9.17, 15) is 4.79 Å². The van der Waals surface area contributed by atoms with E-state index in [0.29, 0.717) is 30.5 Å². The Balaban J connectivity index is 1.77. The third-order valence-corrected chi connectivity index (χ3v) is 4.92. The first kappa shape index (κ1) is 16.8. The molecule has 122 valence electrons. The van der Waals surface area contributed by atoms with Crippen molar-refractivity contribution in [3.05, 3.63) is 0 Å². The summed E-state index contributed by atoms with van der Waals surface area (Å²) in [4.78, 5) is 11.9. The predicted molar refractivity (Wildman–Crippen MR) is 87.2 cm³/mol. The molecule has 1 aliphatic heterocycles. The fourth-order valence-corrected chi connectivity index (χ4v) is 3.74. The maximum Gasteiger partial charge on any atom is 0.233 e. The molecule has 0 bridgehead atoms. The molecule has 1 amide bonds. The summed E-state index contributed by atoms with van der Waals surface area (Å²) >= 11 is 0. The molecule has 1 saturated carbocycles. The number of amides is 1. The summed E-state index contributed by atoms with van der Waals surface area (Å²) in [6.07, 6.45) is 9.16. The van der Waals surface area contributed by atoms with Gasteiger partial charge in [0.25, 0.3) is 0 Å². The number of hydrogen-bond donors (Lipinski definition) is 3. The quantitative estimate of drug-likeness (QED) is 0.703. The van der Waals surface area contributed by atoms with E-state index in [-0.39, 0.29) is 5.91 Å². The zero-order valence-corrected chi connectivity index (χ0v) is 13.8. The molecule has 3 atom stereocenters. The minimum atomic E-state index is 0.143. The lowest BCUT2D eigenvalue weighted by Crippen LogP contribution is -2.52. The number of rotatable bonds is 6. The lowest BCUT2D eigenvalue weighted by atomic mass is 9.77. The van der Waals surface area contributed by atoms with Crippen LogP contribution in [0.1, 0.15) is 58.8 Å². The van der Waals surface area contributed by atoms with Crippen molar-refractivity contribution >= 4 is 5.91 Å². The topological polar surface area (TPSA) is 53.2 Å². The Bertz CT molecular complexity index is 313. The van der Waals surface area contributed by atoms with Crippen LogP contribution in [0.25, 0.3) is 0 Å². The van der Waals surface area contributed by atoms with Gasteiger partial charge in [0.15, 0.2) is 0 Å². The Labute approximate surface area is 129 Å². The number of carbonyl (C=O) groups is 1. The fraction of sp³-hybridized carbons (Fsp3) is 0.941. The maximum absolute atomic E-state index is 11.9. The van der Waals surface area contributed by atoms with E-state index in [4.69, 9.17) is 0 Å². The molecule has 0 spiro atoms.